The third-order valence-corrected chi connectivity index (χ3v) is 2.75. The van der Waals surface area contributed by atoms with Gasteiger partial charge in [0.15, 0.2) is 0 Å². The SMILES string of the molecule is Cc1ccc(Cl)c([C@@H](N)CC(C)C)c1F.Cl. The molecule has 0 fully saturated rings. The molecule has 0 aliphatic carbocycles. The molecule has 1 aromatic rings. The van der Waals surface area contributed by atoms with Crippen LogP contribution in [0.2, 0.25) is 5.02 Å². The van der Waals surface area contributed by atoms with Crippen molar-refractivity contribution in [3.05, 3.63) is 34.1 Å². The van der Waals surface area contributed by atoms with E-state index in [0.717, 1.165) is 6.42 Å². The quantitative estimate of drug-likeness (QED) is 0.869. The second-order valence-electron chi connectivity index (χ2n) is 4.33. The van der Waals surface area contributed by atoms with Gasteiger partial charge in [0.25, 0.3) is 0 Å². The van der Waals surface area contributed by atoms with Crippen LogP contribution in [-0.2, 0) is 0 Å². The van der Waals surface area contributed by atoms with Crippen molar-refractivity contribution >= 4 is 24.0 Å². The highest BCUT2D eigenvalue weighted by atomic mass is 35.5. The molecule has 2 N–H and O–H groups in total. The van der Waals surface area contributed by atoms with Gasteiger partial charge in [-0.2, -0.15) is 0 Å². The molecular weight excluding hydrogens is 248 g/mol. The summed E-state index contributed by atoms with van der Waals surface area (Å²) in [7, 11) is 0. The van der Waals surface area contributed by atoms with Crippen molar-refractivity contribution in [3.8, 4) is 0 Å². The number of hydrogen-bond donors (Lipinski definition) is 1. The van der Waals surface area contributed by atoms with E-state index in [4.69, 9.17) is 17.3 Å². The molecule has 0 saturated carbocycles. The molecule has 0 bridgehead atoms. The van der Waals surface area contributed by atoms with Gasteiger partial charge in [-0.05, 0) is 30.9 Å². The lowest BCUT2D eigenvalue weighted by molar-refractivity contribution is 0.487. The van der Waals surface area contributed by atoms with Gasteiger partial charge in [0.2, 0.25) is 0 Å². The average Bonchev–Trinajstić information content (AvgIpc) is 2.11. The molecular formula is C12H18Cl2FN. The summed E-state index contributed by atoms with van der Waals surface area (Å²) in [5.74, 6) is 0.159. The van der Waals surface area contributed by atoms with E-state index >= 15 is 0 Å². The van der Waals surface area contributed by atoms with Gasteiger partial charge in [-0.3, -0.25) is 0 Å². The van der Waals surface area contributed by atoms with Crippen LogP contribution in [0.3, 0.4) is 0 Å². The number of aryl methyl sites for hydroxylation is 1. The van der Waals surface area contributed by atoms with E-state index in [2.05, 4.69) is 13.8 Å². The smallest absolute Gasteiger partial charge is 0.132 e. The highest BCUT2D eigenvalue weighted by molar-refractivity contribution is 6.31. The zero-order chi connectivity index (χ0) is 11.6. The largest absolute Gasteiger partial charge is 0.324 e. The summed E-state index contributed by atoms with van der Waals surface area (Å²) in [6.45, 7) is 5.83. The van der Waals surface area contributed by atoms with E-state index in [1.165, 1.54) is 0 Å². The zero-order valence-electron chi connectivity index (χ0n) is 9.76. The van der Waals surface area contributed by atoms with Crippen molar-refractivity contribution in [2.45, 2.75) is 33.2 Å². The molecule has 16 heavy (non-hydrogen) atoms. The summed E-state index contributed by atoms with van der Waals surface area (Å²) in [5.41, 5.74) is 6.98. The highest BCUT2D eigenvalue weighted by Gasteiger charge is 2.17. The molecule has 92 valence electrons. The van der Waals surface area contributed by atoms with Gasteiger partial charge in [-0.25, -0.2) is 4.39 Å². The van der Waals surface area contributed by atoms with E-state index in [0.29, 0.717) is 22.1 Å². The third kappa shape index (κ3) is 3.62. The van der Waals surface area contributed by atoms with Crippen LogP contribution < -0.4 is 5.73 Å². The second kappa shape index (κ2) is 6.43. The predicted molar refractivity (Wildman–Crippen MR) is 69.8 cm³/mol. The molecule has 0 radical (unpaired) electrons. The molecule has 4 heteroatoms. The molecule has 1 rings (SSSR count). The van der Waals surface area contributed by atoms with Crippen LogP contribution in [0.1, 0.15) is 37.4 Å². The van der Waals surface area contributed by atoms with Gasteiger partial charge in [0.1, 0.15) is 5.82 Å². The average molecular weight is 266 g/mol. The summed E-state index contributed by atoms with van der Waals surface area (Å²) in [6, 6.07) is 3.05. The van der Waals surface area contributed by atoms with Gasteiger partial charge >= 0.3 is 0 Å². The van der Waals surface area contributed by atoms with Crippen LogP contribution in [0.15, 0.2) is 12.1 Å². The number of halogens is 3. The first-order chi connectivity index (χ1) is 6.93. The van der Waals surface area contributed by atoms with Crippen molar-refractivity contribution in [1.82, 2.24) is 0 Å². The standard InChI is InChI=1S/C12H17ClFN.ClH/c1-7(2)6-10(15)11-9(13)5-4-8(3)12(11)14;/h4-5,7,10H,6,15H2,1-3H3;1H/t10-;/m0./s1. The van der Waals surface area contributed by atoms with Gasteiger partial charge in [0.05, 0.1) is 0 Å². The van der Waals surface area contributed by atoms with Crippen LogP contribution in [0.25, 0.3) is 0 Å². The van der Waals surface area contributed by atoms with Crippen LogP contribution in [0.4, 0.5) is 4.39 Å². The maximum atomic E-state index is 13.8. The highest BCUT2D eigenvalue weighted by Crippen LogP contribution is 2.29. The minimum Gasteiger partial charge on any atom is -0.324 e. The molecule has 0 amide bonds. The zero-order valence-corrected chi connectivity index (χ0v) is 11.3. The lowest BCUT2D eigenvalue weighted by atomic mass is 9.96. The fourth-order valence-electron chi connectivity index (χ4n) is 1.64. The van der Waals surface area contributed by atoms with E-state index in [-0.39, 0.29) is 24.3 Å². The van der Waals surface area contributed by atoms with Crippen LogP contribution in [0, 0.1) is 18.7 Å². The molecule has 1 atom stereocenters. The number of nitrogens with two attached hydrogens (primary N) is 1. The Morgan fingerprint density at radius 3 is 2.44 bits per heavy atom. The Hall–Kier alpha value is -0.310. The molecule has 0 aliphatic heterocycles. The number of rotatable bonds is 3. The Morgan fingerprint density at radius 1 is 1.38 bits per heavy atom. The fraction of sp³-hybridized carbons (Fsp3) is 0.500. The Labute approximate surface area is 108 Å². The van der Waals surface area contributed by atoms with Crippen molar-refractivity contribution in [1.29, 1.82) is 0 Å². The Bertz CT molecular complexity index is 353. The Morgan fingerprint density at radius 2 is 1.94 bits per heavy atom. The maximum absolute atomic E-state index is 13.8. The summed E-state index contributed by atoms with van der Waals surface area (Å²) < 4.78 is 13.8. The number of benzene rings is 1. The number of hydrogen-bond acceptors (Lipinski definition) is 1. The minimum atomic E-state index is -0.322. The van der Waals surface area contributed by atoms with Crippen molar-refractivity contribution < 1.29 is 4.39 Å². The fourth-order valence-corrected chi connectivity index (χ4v) is 1.93. The van der Waals surface area contributed by atoms with E-state index < -0.39 is 0 Å². The van der Waals surface area contributed by atoms with Gasteiger partial charge in [-0.15, -0.1) is 12.4 Å². The van der Waals surface area contributed by atoms with E-state index in [1.807, 2.05) is 0 Å². The molecule has 1 nitrogen and oxygen atoms in total. The van der Waals surface area contributed by atoms with Gasteiger partial charge in [0, 0.05) is 16.6 Å². The van der Waals surface area contributed by atoms with Crippen molar-refractivity contribution in [2.75, 3.05) is 0 Å². The molecule has 0 heterocycles. The lowest BCUT2D eigenvalue weighted by Gasteiger charge is -2.17. The van der Waals surface area contributed by atoms with Crippen molar-refractivity contribution in [2.24, 2.45) is 11.7 Å². The summed E-state index contributed by atoms with van der Waals surface area (Å²) >= 11 is 5.96. The first kappa shape index (κ1) is 15.7. The molecule has 1 aromatic carbocycles. The first-order valence-electron chi connectivity index (χ1n) is 5.13. The normalized spacial score (nSPS) is 12.4. The van der Waals surface area contributed by atoms with Crippen LogP contribution >= 0.6 is 24.0 Å². The molecule has 0 unspecified atom stereocenters. The minimum absolute atomic E-state index is 0. The summed E-state index contributed by atoms with van der Waals surface area (Å²) in [5, 5.41) is 0.422. The Kier molecular flexibility index (Phi) is 6.31. The third-order valence-electron chi connectivity index (χ3n) is 2.42. The van der Waals surface area contributed by atoms with Crippen molar-refractivity contribution in [3.63, 3.8) is 0 Å². The summed E-state index contributed by atoms with van der Waals surface area (Å²) in [6.07, 6.45) is 0.736. The van der Waals surface area contributed by atoms with Crippen LogP contribution in [0.5, 0.6) is 0 Å². The van der Waals surface area contributed by atoms with E-state index in [1.54, 1.807) is 19.1 Å². The molecule has 0 saturated heterocycles. The first-order valence-corrected chi connectivity index (χ1v) is 5.51. The molecule has 0 spiro atoms. The topological polar surface area (TPSA) is 26.0 Å². The lowest BCUT2D eigenvalue weighted by Crippen LogP contribution is -2.15. The van der Waals surface area contributed by atoms with Gasteiger partial charge in [-0.1, -0.05) is 31.5 Å². The van der Waals surface area contributed by atoms with Gasteiger partial charge < -0.3 is 5.73 Å². The summed E-state index contributed by atoms with van der Waals surface area (Å²) in [4.78, 5) is 0. The molecule has 0 aromatic heterocycles. The monoisotopic (exact) mass is 265 g/mol. The molecule has 0 aliphatic rings. The van der Waals surface area contributed by atoms with Crippen LogP contribution in [-0.4, -0.2) is 0 Å². The predicted octanol–water partition coefficient (Wildman–Crippen LogP) is 4.26. The maximum Gasteiger partial charge on any atom is 0.132 e. The van der Waals surface area contributed by atoms with E-state index in [9.17, 15) is 4.39 Å². The Balaban J connectivity index is 0.00000225. The second-order valence-corrected chi connectivity index (χ2v) is 4.74.